The summed E-state index contributed by atoms with van der Waals surface area (Å²) >= 11 is 0. The van der Waals surface area contributed by atoms with Crippen LogP contribution in [0.2, 0.25) is 0 Å². The first-order valence-electron chi connectivity index (χ1n) is 13.6. The van der Waals surface area contributed by atoms with Crippen LogP contribution in [-0.4, -0.2) is 27.5 Å². The van der Waals surface area contributed by atoms with Gasteiger partial charge >= 0.3 is 12.4 Å². The lowest BCUT2D eigenvalue weighted by Crippen LogP contribution is -2.28. The summed E-state index contributed by atoms with van der Waals surface area (Å²) in [6.07, 6.45) is -3.01. The first kappa shape index (κ1) is 28.6. The van der Waals surface area contributed by atoms with Crippen LogP contribution in [-0.2, 0) is 18.0 Å². The van der Waals surface area contributed by atoms with E-state index >= 15 is 0 Å². The Balaban J connectivity index is 1.40. The topological polar surface area (TPSA) is 40.9 Å². The fraction of sp³-hybridized carbons (Fsp3) is 0.242. The van der Waals surface area contributed by atoms with Gasteiger partial charge < -0.3 is 0 Å². The number of fused-ring (bicyclic) bond motifs is 2. The lowest BCUT2D eigenvalue weighted by atomic mass is 9.93. The third kappa shape index (κ3) is 5.08. The molecule has 0 saturated heterocycles. The van der Waals surface area contributed by atoms with Crippen molar-refractivity contribution in [3.05, 3.63) is 113 Å². The van der Waals surface area contributed by atoms with E-state index in [-0.39, 0.29) is 18.4 Å². The normalized spacial score (nSPS) is 18.2. The van der Waals surface area contributed by atoms with Gasteiger partial charge in [0.2, 0.25) is 0 Å². The molecule has 43 heavy (non-hydrogen) atoms. The van der Waals surface area contributed by atoms with E-state index in [1.54, 1.807) is 43.3 Å². The lowest BCUT2D eigenvalue weighted by Gasteiger charge is -2.29. The van der Waals surface area contributed by atoms with Crippen LogP contribution < -0.4 is 0 Å². The minimum Gasteiger partial charge on any atom is -0.300 e. The van der Waals surface area contributed by atoms with Crippen LogP contribution in [0.3, 0.4) is 0 Å². The molecule has 2 aliphatic heterocycles. The van der Waals surface area contributed by atoms with Gasteiger partial charge in [-0.15, -0.1) is 0 Å². The summed E-state index contributed by atoms with van der Waals surface area (Å²) in [5, 5.41) is 0. The van der Waals surface area contributed by atoms with Gasteiger partial charge in [0.15, 0.2) is 0 Å². The minimum absolute atomic E-state index is 0.0644. The van der Waals surface area contributed by atoms with Gasteiger partial charge in [-0.3, -0.25) is 14.9 Å². The molecule has 0 N–H and O–H groups in total. The average molecular weight is 593 g/mol. The van der Waals surface area contributed by atoms with Gasteiger partial charge in [-0.25, -0.2) is 4.99 Å². The SMILES string of the molecule is C=C1c2ncccc2C=CN1C(/N=C(\C)C1=Nc2cc(C3(C(F)(F)F)CC3)ccc2C1)=C(/C)c1ccc(C(F)(F)F)cc1. The summed E-state index contributed by atoms with van der Waals surface area (Å²) in [5.74, 6) is 0.406. The molecule has 0 radical (unpaired) electrons. The fourth-order valence-corrected chi connectivity index (χ4v) is 5.48. The molecule has 0 bridgehead atoms. The first-order chi connectivity index (χ1) is 20.3. The molecule has 0 unspecified atom stereocenters. The van der Waals surface area contributed by atoms with Crippen molar-refractivity contribution in [2.75, 3.05) is 0 Å². The molecule has 0 spiro atoms. The molecule has 1 fully saturated rings. The van der Waals surface area contributed by atoms with Crippen molar-refractivity contribution >= 4 is 34.5 Å². The van der Waals surface area contributed by atoms with Crippen LogP contribution in [0.15, 0.2) is 89.4 Å². The highest BCUT2D eigenvalue weighted by atomic mass is 19.4. The van der Waals surface area contributed by atoms with Crippen LogP contribution in [0.25, 0.3) is 17.3 Å². The Kier molecular flexibility index (Phi) is 6.71. The number of allylic oxidation sites excluding steroid dienone is 1. The highest BCUT2D eigenvalue weighted by Gasteiger charge is 2.64. The van der Waals surface area contributed by atoms with Crippen LogP contribution >= 0.6 is 0 Å². The highest BCUT2D eigenvalue weighted by Crippen LogP contribution is 2.59. The molecule has 4 nitrogen and oxygen atoms in total. The fourth-order valence-electron chi connectivity index (χ4n) is 5.48. The van der Waals surface area contributed by atoms with Gasteiger partial charge in [0, 0.05) is 24.4 Å². The predicted molar refractivity (Wildman–Crippen MR) is 155 cm³/mol. The number of alkyl halides is 6. The first-order valence-corrected chi connectivity index (χ1v) is 13.6. The van der Waals surface area contributed by atoms with E-state index in [1.807, 2.05) is 12.1 Å². The minimum atomic E-state index is -4.47. The second kappa shape index (κ2) is 10.1. The van der Waals surface area contributed by atoms with E-state index in [9.17, 15) is 26.3 Å². The second-order valence-corrected chi connectivity index (χ2v) is 11.0. The Morgan fingerprint density at radius 3 is 2.35 bits per heavy atom. The summed E-state index contributed by atoms with van der Waals surface area (Å²) in [7, 11) is 0. The molecule has 6 rings (SSSR count). The average Bonchev–Trinajstić information content (AvgIpc) is 3.69. The molecular weight excluding hydrogens is 566 g/mol. The smallest absolute Gasteiger partial charge is 0.300 e. The zero-order valence-electron chi connectivity index (χ0n) is 23.3. The Hall–Kier alpha value is -4.47. The number of pyridine rings is 1. The number of benzene rings is 2. The third-order valence-electron chi connectivity index (χ3n) is 8.25. The monoisotopic (exact) mass is 592 g/mol. The Morgan fingerprint density at radius 2 is 1.70 bits per heavy atom. The summed E-state index contributed by atoms with van der Waals surface area (Å²) in [6.45, 7) is 7.73. The van der Waals surface area contributed by atoms with Gasteiger partial charge in [-0.2, -0.15) is 26.3 Å². The number of hydrogen-bond acceptors (Lipinski definition) is 4. The van der Waals surface area contributed by atoms with E-state index in [1.165, 1.54) is 24.3 Å². The molecule has 1 aromatic heterocycles. The van der Waals surface area contributed by atoms with Crippen molar-refractivity contribution in [1.82, 2.24) is 9.88 Å². The molecule has 1 saturated carbocycles. The quantitative estimate of drug-likeness (QED) is 0.219. The van der Waals surface area contributed by atoms with E-state index in [0.29, 0.717) is 51.9 Å². The predicted octanol–water partition coefficient (Wildman–Crippen LogP) is 9.13. The van der Waals surface area contributed by atoms with Crippen molar-refractivity contribution in [2.45, 2.75) is 50.9 Å². The van der Waals surface area contributed by atoms with Gasteiger partial charge in [-0.05, 0) is 79.3 Å². The molecular formula is C33H26F6N4. The standard InChI is InChI=1S/C33H26F6N4/c1-19(22-6-9-25(10-7-22)32(34,35)36)30(43-16-12-23-5-4-15-40-29(23)21(43)3)41-20(2)27-17-24-8-11-26(18-28(24)42-27)31(13-14-31)33(37,38)39/h4-12,15-16,18H,3,13-14,17H2,1-2H3/b30-19-,41-20+. The summed E-state index contributed by atoms with van der Waals surface area (Å²) in [4.78, 5) is 15.7. The van der Waals surface area contributed by atoms with Gasteiger partial charge in [0.05, 0.1) is 39.5 Å². The molecule has 1 aliphatic carbocycles. The zero-order chi connectivity index (χ0) is 30.7. The van der Waals surface area contributed by atoms with E-state index in [0.717, 1.165) is 23.3 Å². The van der Waals surface area contributed by atoms with Crippen molar-refractivity contribution in [1.29, 1.82) is 0 Å². The second-order valence-electron chi connectivity index (χ2n) is 11.0. The molecule has 3 aromatic rings. The molecule has 3 aliphatic rings. The van der Waals surface area contributed by atoms with Crippen molar-refractivity contribution < 1.29 is 26.3 Å². The Bertz CT molecular complexity index is 1750. The highest BCUT2D eigenvalue weighted by molar-refractivity contribution is 6.43. The molecule has 0 amide bonds. The molecule has 220 valence electrons. The van der Waals surface area contributed by atoms with Crippen LogP contribution in [0.4, 0.5) is 32.0 Å². The Labute approximate surface area is 244 Å². The lowest BCUT2D eigenvalue weighted by molar-refractivity contribution is -0.160. The van der Waals surface area contributed by atoms with Crippen LogP contribution in [0, 0.1) is 0 Å². The van der Waals surface area contributed by atoms with Crippen LogP contribution in [0.5, 0.6) is 0 Å². The summed E-state index contributed by atoms with van der Waals surface area (Å²) in [5.41, 5.74) is 3.17. The van der Waals surface area contributed by atoms with E-state index in [2.05, 4.69) is 16.6 Å². The van der Waals surface area contributed by atoms with Gasteiger partial charge in [0.1, 0.15) is 5.82 Å². The molecule has 10 heteroatoms. The number of aliphatic imine (C=N–C) groups is 2. The maximum atomic E-state index is 13.7. The summed E-state index contributed by atoms with van der Waals surface area (Å²) < 4.78 is 80.9. The Morgan fingerprint density at radius 1 is 0.977 bits per heavy atom. The largest absolute Gasteiger partial charge is 0.416 e. The summed E-state index contributed by atoms with van der Waals surface area (Å²) in [6, 6.07) is 13.3. The maximum absolute atomic E-state index is 13.7. The van der Waals surface area contributed by atoms with Gasteiger partial charge in [-0.1, -0.05) is 36.9 Å². The molecule has 3 heterocycles. The van der Waals surface area contributed by atoms with Crippen molar-refractivity contribution in [3.8, 4) is 0 Å². The van der Waals surface area contributed by atoms with Crippen molar-refractivity contribution in [2.24, 2.45) is 9.98 Å². The van der Waals surface area contributed by atoms with Crippen molar-refractivity contribution in [3.63, 3.8) is 0 Å². The number of aromatic nitrogens is 1. The van der Waals surface area contributed by atoms with E-state index < -0.39 is 23.3 Å². The third-order valence-corrected chi connectivity index (χ3v) is 8.25. The zero-order valence-corrected chi connectivity index (χ0v) is 23.3. The number of halogens is 6. The molecule has 2 aromatic carbocycles. The van der Waals surface area contributed by atoms with Gasteiger partial charge in [0.25, 0.3) is 0 Å². The molecule has 0 atom stereocenters. The maximum Gasteiger partial charge on any atom is 0.416 e. The number of hydrogen-bond donors (Lipinski definition) is 0. The van der Waals surface area contributed by atoms with Crippen LogP contribution in [0.1, 0.15) is 60.2 Å². The number of rotatable bonds is 5. The van der Waals surface area contributed by atoms with E-state index in [4.69, 9.17) is 4.99 Å². The number of nitrogens with zero attached hydrogens (tertiary/aromatic N) is 4.